The number of ether oxygens (including phenoxy) is 1. The number of hydrogen-bond acceptors (Lipinski definition) is 3. The fraction of sp³-hybridized carbons (Fsp3) is 0.231. The van der Waals surface area contributed by atoms with Gasteiger partial charge in [-0.25, -0.2) is 0 Å². The third-order valence-corrected chi connectivity index (χ3v) is 2.72. The van der Waals surface area contributed by atoms with Crippen LogP contribution in [0.25, 0.3) is 0 Å². The van der Waals surface area contributed by atoms with Gasteiger partial charge in [-0.05, 0) is 32.0 Å². The lowest BCUT2D eigenvalue weighted by molar-refractivity contribution is -0.119. The lowest BCUT2D eigenvalue weighted by Gasteiger charge is -2.08. The standard InChI is InChI=1S/C13H13Cl2NO3/c1-3-19-7-10(8(2)17)13(18)16-12-5-4-9(14)6-11(12)15/h4-7H,3H2,1-2H3,(H,16,18). The molecule has 0 aromatic heterocycles. The van der Waals surface area contributed by atoms with E-state index in [-0.39, 0.29) is 5.57 Å². The molecule has 0 spiro atoms. The zero-order valence-electron chi connectivity index (χ0n) is 10.5. The zero-order chi connectivity index (χ0) is 14.4. The zero-order valence-corrected chi connectivity index (χ0v) is 12.0. The first-order valence-corrected chi connectivity index (χ1v) is 6.30. The number of carbonyl (C=O) groups excluding carboxylic acids is 2. The van der Waals surface area contributed by atoms with E-state index in [4.69, 9.17) is 27.9 Å². The predicted molar refractivity (Wildman–Crippen MR) is 75.5 cm³/mol. The molecule has 0 bridgehead atoms. The van der Waals surface area contributed by atoms with Crippen LogP contribution in [0, 0.1) is 0 Å². The maximum Gasteiger partial charge on any atom is 0.262 e. The summed E-state index contributed by atoms with van der Waals surface area (Å²) in [6.45, 7) is 3.40. The van der Waals surface area contributed by atoms with E-state index < -0.39 is 11.7 Å². The number of nitrogens with one attached hydrogen (secondary N) is 1. The Kier molecular flexibility index (Phi) is 5.86. The average molecular weight is 302 g/mol. The summed E-state index contributed by atoms with van der Waals surface area (Å²) in [6, 6.07) is 4.64. The van der Waals surface area contributed by atoms with Gasteiger partial charge in [0.1, 0.15) is 5.57 Å². The third-order valence-electron chi connectivity index (χ3n) is 2.17. The Bertz CT molecular complexity index is 527. The number of ketones is 1. The van der Waals surface area contributed by atoms with Crippen molar-refractivity contribution in [2.75, 3.05) is 11.9 Å². The molecule has 0 fully saturated rings. The fourth-order valence-corrected chi connectivity index (χ4v) is 1.70. The van der Waals surface area contributed by atoms with E-state index in [1.54, 1.807) is 19.1 Å². The highest BCUT2D eigenvalue weighted by Gasteiger charge is 2.16. The van der Waals surface area contributed by atoms with Crippen molar-refractivity contribution in [1.29, 1.82) is 0 Å². The monoisotopic (exact) mass is 301 g/mol. The number of amides is 1. The van der Waals surface area contributed by atoms with E-state index in [0.29, 0.717) is 22.3 Å². The van der Waals surface area contributed by atoms with E-state index in [0.717, 1.165) is 6.26 Å². The fourth-order valence-electron chi connectivity index (χ4n) is 1.24. The molecule has 0 aliphatic carbocycles. The Hall–Kier alpha value is -1.52. The van der Waals surface area contributed by atoms with Gasteiger partial charge in [-0.3, -0.25) is 9.59 Å². The Morgan fingerprint density at radius 2 is 2.05 bits per heavy atom. The Labute approximate surface area is 121 Å². The minimum absolute atomic E-state index is 0.0760. The molecule has 1 rings (SSSR count). The quantitative estimate of drug-likeness (QED) is 0.392. The normalized spacial score (nSPS) is 11.1. The molecular weight excluding hydrogens is 289 g/mol. The summed E-state index contributed by atoms with van der Waals surface area (Å²) in [5.74, 6) is -0.971. The molecule has 6 heteroatoms. The molecule has 1 amide bonds. The summed E-state index contributed by atoms with van der Waals surface area (Å²) in [5.41, 5.74) is 0.299. The number of carbonyl (C=O) groups is 2. The van der Waals surface area contributed by atoms with Crippen LogP contribution in [0.2, 0.25) is 10.0 Å². The van der Waals surface area contributed by atoms with Crippen molar-refractivity contribution in [2.24, 2.45) is 0 Å². The van der Waals surface area contributed by atoms with Gasteiger partial charge in [0.25, 0.3) is 5.91 Å². The molecular formula is C13H13Cl2NO3. The number of rotatable bonds is 5. The molecule has 19 heavy (non-hydrogen) atoms. The lowest BCUT2D eigenvalue weighted by atomic mass is 10.2. The Morgan fingerprint density at radius 3 is 2.58 bits per heavy atom. The maximum atomic E-state index is 11.9. The summed E-state index contributed by atoms with van der Waals surface area (Å²) in [4.78, 5) is 23.3. The first-order chi connectivity index (χ1) is 8.95. The van der Waals surface area contributed by atoms with Crippen molar-refractivity contribution in [3.8, 4) is 0 Å². The Morgan fingerprint density at radius 1 is 1.37 bits per heavy atom. The molecule has 102 valence electrons. The van der Waals surface area contributed by atoms with E-state index in [2.05, 4.69) is 5.32 Å². The van der Waals surface area contributed by atoms with Crippen LogP contribution in [0.15, 0.2) is 30.0 Å². The van der Waals surface area contributed by atoms with Crippen LogP contribution < -0.4 is 5.32 Å². The van der Waals surface area contributed by atoms with Gasteiger partial charge in [-0.2, -0.15) is 0 Å². The van der Waals surface area contributed by atoms with Crippen LogP contribution in [-0.2, 0) is 14.3 Å². The minimum atomic E-state index is -0.579. The first kappa shape index (κ1) is 15.5. The van der Waals surface area contributed by atoms with E-state index in [9.17, 15) is 9.59 Å². The van der Waals surface area contributed by atoms with Crippen LogP contribution in [0.5, 0.6) is 0 Å². The molecule has 1 aromatic rings. The van der Waals surface area contributed by atoms with Crippen LogP contribution in [0.1, 0.15) is 13.8 Å². The highest BCUT2D eigenvalue weighted by Crippen LogP contribution is 2.25. The molecule has 0 heterocycles. The van der Waals surface area contributed by atoms with Crippen LogP contribution in [-0.4, -0.2) is 18.3 Å². The summed E-state index contributed by atoms with van der Waals surface area (Å²) < 4.78 is 4.97. The van der Waals surface area contributed by atoms with Crippen LogP contribution in [0.4, 0.5) is 5.69 Å². The number of hydrogen-bond donors (Lipinski definition) is 1. The molecule has 0 radical (unpaired) electrons. The highest BCUT2D eigenvalue weighted by atomic mass is 35.5. The van der Waals surface area contributed by atoms with Gasteiger partial charge in [0.05, 0.1) is 23.6 Å². The van der Waals surface area contributed by atoms with Gasteiger partial charge in [-0.1, -0.05) is 23.2 Å². The van der Waals surface area contributed by atoms with Crippen LogP contribution in [0.3, 0.4) is 0 Å². The number of benzene rings is 1. The SMILES string of the molecule is CCOC=C(C(C)=O)C(=O)Nc1ccc(Cl)cc1Cl. The number of anilines is 1. The van der Waals surface area contributed by atoms with Crippen molar-refractivity contribution in [3.05, 3.63) is 40.1 Å². The summed E-state index contributed by atoms with van der Waals surface area (Å²) in [6.07, 6.45) is 1.14. The summed E-state index contributed by atoms with van der Waals surface area (Å²) in [7, 11) is 0. The second-order valence-corrected chi connectivity index (χ2v) is 4.46. The molecule has 0 saturated heterocycles. The summed E-state index contributed by atoms with van der Waals surface area (Å²) >= 11 is 11.7. The lowest BCUT2D eigenvalue weighted by Crippen LogP contribution is -2.19. The van der Waals surface area contributed by atoms with Gasteiger partial charge < -0.3 is 10.1 Å². The number of halogens is 2. The minimum Gasteiger partial charge on any atom is -0.501 e. The maximum absolute atomic E-state index is 11.9. The molecule has 0 saturated carbocycles. The highest BCUT2D eigenvalue weighted by molar-refractivity contribution is 6.37. The summed E-state index contributed by atoms with van der Waals surface area (Å²) in [5, 5.41) is 3.28. The van der Waals surface area contributed by atoms with E-state index >= 15 is 0 Å². The van der Waals surface area contributed by atoms with E-state index in [1.165, 1.54) is 13.0 Å². The second-order valence-electron chi connectivity index (χ2n) is 3.62. The van der Waals surface area contributed by atoms with Gasteiger partial charge in [0.15, 0.2) is 5.78 Å². The average Bonchev–Trinajstić information content (AvgIpc) is 2.33. The van der Waals surface area contributed by atoms with E-state index in [1.807, 2.05) is 0 Å². The van der Waals surface area contributed by atoms with Crippen molar-refractivity contribution in [1.82, 2.24) is 0 Å². The molecule has 0 unspecified atom stereocenters. The Balaban J connectivity index is 2.90. The van der Waals surface area contributed by atoms with Crippen LogP contribution >= 0.6 is 23.2 Å². The topological polar surface area (TPSA) is 55.4 Å². The number of Topliss-reactive ketones (excluding diaryl/α,β-unsaturated/α-hetero) is 1. The second kappa shape index (κ2) is 7.16. The first-order valence-electron chi connectivity index (χ1n) is 5.54. The van der Waals surface area contributed by atoms with Crippen molar-refractivity contribution < 1.29 is 14.3 Å². The van der Waals surface area contributed by atoms with Crippen molar-refractivity contribution in [2.45, 2.75) is 13.8 Å². The van der Waals surface area contributed by atoms with Gasteiger partial charge >= 0.3 is 0 Å². The van der Waals surface area contributed by atoms with Crippen molar-refractivity contribution >= 4 is 40.6 Å². The smallest absolute Gasteiger partial charge is 0.262 e. The van der Waals surface area contributed by atoms with Crippen molar-refractivity contribution in [3.63, 3.8) is 0 Å². The third kappa shape index (κ3) is 4.58. The molecule has 0 aliphatic rings. The molecule has 4 nitrogen and oxygen atoms in total. The predicted octanol–water partition coefficient (Wildman–Crippen LogP) is 3.44. The van der Waals surface area contributed by atoms with Gasteiger partial charge in [-0.15, -0.1) is 0 Å². The molecule has 1 aromatic carbocycles. The van der Waals surface area contributed by atoms with Gasteiger partial charge in [0.2, 0.25) is 0 Å². The molecule has 0 atom stereocenters. The molecule has 0 aliphatic heterocycles. The molecule has 1 N–H and O–H groups in total. The largest absolute Gasteiger partial charge is 0.501 e. The van der Waals surface area contributed by atoms with Gasteiger partial charge in [0, 0.05) is 5.02 Å².